The first-order valence-electron chi connectivity index (χ1n) is 11.2. The molecule has 0 saturated carbocycles. The van der Waals surface area contributed by atoms with Crippen molar-refractivity contribution in [1.29, 1.82) is 0 Å². The molecule has 1 aliphatic rings. The Bertz CT molecular complexity index is 1340. The van der Waals surface area contributed by atoms with Crippen LogP contribution in [0.1, 0.15) is 49.1 Å². The zero-order chi connectivity index (χ0) is 25.5. The van der Waals surface area contributed by atoms with Crippen LogP contribution in [0.2, 0.25) is 5.02 Å². The van der Waals surface area contributed by atoms with E-state index in [1.54, 1.807) is 68.0 Å². The normalized spacial score (nSPS) is 17.7. The van der Waals surface area contributed by atoms with Gasteiger partial charge in [0.25, 0.3) is 11.7 Å². The number of nitrogens with zero attached hydrogens (tertiary/aromatic N) is 2. The van der Waals surface area contributed by atoms with Gasteiger partial charge in [-0.3, -0.25) is 19.5 Å². The third-order valence-corrected chi connectivity index (χ3v) is 6.59. The first-order valence-corrected chi connectivity index (χ1v) is 11.6. The Morgan fingerprint density at radius 1 is 1.06 bits per heavy atom. The predicted octanol–water partition coefficient (Wildman–Crippen LogP) is 5.98. The smallest absolute Gasteiger partial charge is 0.300 e. The monoisotopic (exact) mass is 490 g/mol. The maximum absolute atomic E-state index is 13.4. The molecular formula is C28H27ClN2O4. The number of carbonyl (C=O) groups is 2. The van der Waals surface area contributed by atoms with Crippen molar-refractivity contribution in [3.8, 4) is 5.75 Å². The van der Waals surface area contributed by atoms with Crippen molar-refractivity contribution in [3.63, 3.8) is 0 Å². The van der Waals surface area contributed by atoms with Crippen molar-refractivity contribution in [2.24, 2.45) is 0 Å². The first kappa shape index (κ1) is 24.5. The number of Topliss-reactive ketones (excluding diaryl/α,β-unsaturated/α-hetero) is 1. The third kappa shape index (κ3) is 4.42. The average molecular weight is 491 g/mol. The van der Waals surface area contributed by atoms with Crippen molar-refractivity contribution < 1.29 is 19.4 Å². The van der Waals surface area contributed by atoms with Crippen LogP contribution in [-0.2, 0) is 15.0 Å². The van der Waals surface area contributed by atoms with Gasteiger partial charge < -0.3 is 9.84 Å². The van der Waals surface area contributed by atoms with Crippen molar-refractivity contribution in [2.75, 3.05) is 12.0 Å². The highest BCUT2D eigenvalue weighted by Gasteiger charge is 2.47. The second-order valence-electron chi connectivity index (χ2n) is 9.55. The number of amides is 1. The van der Waals surface area contributed by atoms with Crippen LogP contribution in [0.25, 0.3) is 5.76 Å². The molecular weight excluding hydrogens is 464 g/mol. The van der Waals surface area contributed by atoms with Crippen LogP contribution in [-0.4, -0.2) is 28.9 Å². The molecule has 2 aromatic carbocycles. The van der Waals surface area contributed by atoms with Crippen molar-refractivity contribution in [2.45, 2.75) is 39.2 Å². The summed E-state index contributed by atoms with van der Waals surface area (Å²) in [7, 11) is 1.59. The number of rotatable bonds is 4. The molecule has 35 heavy (non-hydrogen) atoms. The highest BCUT2D eigenvalue weighted by molar-refractivity contribution is 6.51. The summed E-state index contributed by atoms with van der Waals surface area (Å²) in [6.45, 7) is 7.96. The van der Waals surface area contributed by atoms with Gasteiger partial charge in [0.2, 0.25) is 0 Å². The van der Waals surface area contributed by atoms with Crippen LogP contribution < -0.4 is 9.64 Å². The molecule has 6 nitrogen and oxygen atoms in total. The summed E-state index contributed by atoms with van der Waals surface area (Å²) in [5.41, 5.74) is 2.97. The molecule has 1 saturated heterocycles. The second kappa shape index (κ2) is 9.19. The summed E-state index contributed by atoms with van der Waals surface area (Å²) in [5, 5.41) is 11.9. The number of methoxy groups -OCH3 is 1. The fourth-order valence-electron chi connectivity index (χ4n) is 4.29. The fraction of sp³-hybridized carbons (Fsp3) is 0.250. The average Bonchev–Trinajstić information content (AvgIpc) is 3.10. The molecule has 0 bridgehead atoms. The summed E-state index contributed by atoms with van der Waals surface area (Å²) in [4.78, 5) is 32.1. The molecule has 0 radical (unpaired) electrons. The minimum Gasteiger partial charge on any atom is -0.507 e. The molecule has 1 aliphatic heterocycles. The number of anilines is 1. The Morgan fingerprint density at radius 2 is 1.74 bits per heavy atom. The number of ketones is 1. The molecule has 7 heteroatoms. The van der Waals surface area contributed by atoms with Crippen LogP contribution in [0.15, 0.2) is 66.5 Å². The number of benzene rings is 2. The van der Waals surface area contributed by atoms with Crippen molar-refractivity contribution >= 4 is 34.7 Å². The number of hydrogen-bond donors (Lipinski definition) is 1. The van der Waals surface area contributed by atoms with E-state index < -0.39 is 17.7 Å². The van der Waals surface area contributed by atoms with Gasteiger partial charge in [0, 0.05) is 34.2 Å². The number of aromatic nitrogens is 1. The minimum absolute atomic E-state index is 0.00271. The van der Waals surface area contributed by atoms with E-state index in [2.05, 4.69) is 4.98 Å². The minimum atomic E-state index is -0.850. The van der Waals surface area contributed by atoms with E-state index >= 15 is 0 Å². The molecule has 180 valence electrons. The lowest BCUT2D eigenvalue weighted by atomic mass is 9.84. The van der Waals surface area contributed by atoms with E-state index in [4.69, 9.17) is 16.3 Å². The van der Waals surface area contributed by atoms with E-state index in [1.807, 2.05) is 27.7 Å². The van der Waals surface area contributed by atoms with Crippen molar-refractivity contribution in [3.05, 3.63) is 93.8 Å². The van der Waals surface area contributed by atoms with Gasteiger partial charge in [-0.1, -0.05) is 38.4 Å². The molecule has 1 fully saturated rings. The zero-order valence-corrected chi connectivity index (χ0v) is 21.1. The van der Waals surface area contributed by atoms with E-state index in [0.717, 1.165) is 11.1 Å². The van der Waals surface area contributed by atoms with Gasteiger partial charge in [-0.2, -0.15) is 0 Å². The molecule has 1 atom stereocenters. The number of halogens is 1. The second-order valence-corrected chi connectivity index (χ2v) is 9.96. The largest absolute Gasteiger partial charge is 0.507 e. The molecule has 0 spiro atoms. The topological polar surface area (TPSA) is 79.7 Å². The summed E-state index contributed by atoms with van der Waals surface area (Å²) in [5.74, 6) is -1.08. The summed E-state index contributed by atoms with van der Waals surface area (Å²) in [6, 6.07) is 13.0. The molecule has 1 N–H and O–H groups in total. The standard InChI is InChI=1S/C28H27ClN2O4/c1-16-6-8-19(15-21(16)29)31-24(17-10-12-30-13-11-17)23(26(33)27(31)34)25(32)18-7-9-22(35-5)20(14-18)28(2,3)4/h6-15,24,32H,1-5H3/b25-23-. The van der Waals surface area contributed by atoms with E-state index in [0.29, 0.717) is 27.6 Å². The van der Waals surface area contributed by atoms with E-state index in [1.165, 1.54) is 4.90 Å². The first-order chi connectivity index (χ1) is 16.5. The maximum Gasteiger partial charge on any atom is 0.300 e. The van der Waals surface area contributed by atoms with Gasteiger partial charge in [0.05, 0.1) is 18.7 Å². The van der Waals surface area contributed by atoms with E-state index in [-0.39, 0.29) is 16.7 Å². The summed E-state index contributed by atoms with van der Waals surface area (Å²) < 4.78 is 5.51. The third-order valence-electron chi connectivity index (χ3n) is 6.18. The van der Waals surface area contributed by atoms with Gasteiger partial charge in [0.15, 0.2) is 0 Å². The van der Waals surface area contributed by atoms with Gasteiger partial charge in [0.1, 0.15) is 11.5 Å². The lowest BCUT2D eigenvalue weighted by Gasteiger charge is -2.26. The number of pyridine rings is 1. The Balaban J connectivity index is 1.95. The number of aryl methyl sites for hydroxylation is 1. The van der Waals surface area contributed by atoms with E-state index in [9.17, 15) is 14.7 Å². The molecule has 4 rings (SSSR count). The van der Waals surface area contributed by atoms with Gasteiger partial charge in [-0.25, -0.2) is 0 Å². The highest BCUT2D eigenvalue weighted by atomic mass is 35.5. The highest BCUT2D eigenvalue weighted by Crippen LogP contribution is 2.43. The van der Waals surface area contributed by atoms with Crippen LogP contribution in [0, 0.1) is 6.92 Å². The lowest BCUT2D eigenvalue weighted by Crippen LogP contribution is -2.29. The summed E-state index contributed by atoms with van der Waals surface area (Å²) in [6.07, 6.45) is 3.17. The fourth-order valence-corrected chi connectivity index (χ4v) is 4.46. The van der Waals surface area contributed by atoms with Gasteiger partial charge in [-0.05, 0) is 65.9 Å². The number of carbonyl (C=O) groups excluding carboxylic acids is 2. The van der Waals surface area contributed by atoms with Crippen LogP contribution >= 0.6 is 11.6 Å². The number of ether oxygens (including phenoxy) is 1. The molecule has 1 unspecified atom stereocenters. The molecule has 1 amide bonds. The van der Waals surface area contributed by atoms with Gasteiger partial charge in [-0.15, -0.1) is 0 Å². The maximum atomic E-state index is 13.4. The zero-order valence-electron chi connectivity index (χ0n) is 20.3. The molecule has 1 aromatic heterocycles. The molecule has 2 heterocycles. The Kier molecular flexibility index (Phi) is 6.43. The van der Waals surface area contributed by atoms with Gasteiger partial charge >= 0.3 is 0 Å². The summed E-state index contributed by atoms with van der Waals surface area (Å²) >= 11 is 6.35. The van der Waals surface area contributed by atoms with Crippen LogP contribution in [0.3, 0.4) is 0 Å². The molecule has 0 aliphatic carbocycles. The van der Waals surface area contributed by atoms with Crippen LogP contribution in [0.4, 0.5) is 5.69 Å². The number of aliphatic hydroxyl groups excluding tert-OH is 1. The predicted molar refractivity (Wildman–Crippen MR) is 137 cm³/mol. The Labute approximate surface area is 209 Å². The number of aliphatic hydroxyl groups is 1. The Morgan fingerprint density at radius 3 is 2.34 bits per heavy atom. The van der Waals surface area contributed by atoms with Crippen molar-refractivity contribution in [1.82, 2.24) is 4.98 Å². The SMILES string of the molecule is COc1ccc(/C(O)=C2/C(=O)C(=O)N(c3ccc(C)c(Cl)c3)C2c2ccncc2)cc1C(C)(C)C. The Hall–Kier alpha value is -3.64. The number of hydrogen-bond acceptors (Lipinski definition) is 5. The quantitative estimate of drug-likeness (QED) is 0.276. The molecule has 3 aromatic rings. The lowest BCUT2D eigenvalue weighted by molar-refractivity contribution is -0.132. The van der Waals surface area contributed by atoms with Crippen LogP contribution in [0.5, 0.6) is 5.75 Å².